The molecule has 0 radical (unpaired) electrons. The molecule has 0 saturated heterocycles. The molecule has 2 N–H and O–H groups in total. The molecular weight excluding hydrogens is 338 g/mol. The number of rotatable bonds is 9. The predicted molar refractivity (Wildman–Crippen MR) is 105 cm³/mol. The first-order valence-corrected chi connectivity index (χ1v) is 10.6. The number of aliphatic hydroxyl groups is 2. The highest BCUT2D eigenvalue weighted by molar-refractivity contribution is 5.38. The van der Waals surface area contributed by atoms with Crippen LogP contribution in [0.1, 0.15) is 63.0 Å². The molecule has 3 rings (SSSR count). The molecule has 4 heteroatoms. The summed E-state index contributed by atoms with van der Waals surface area (Å²) in [5.41, 5.74) is 2.65. The Kier molecular flexibility index (Phi) is 7.15. The zero-order chi connectivity index (χ0) is 19.2. The lowest BCUT2D eigenvalue weighted by atomic mass is 9.73. The van der Waals surface area contributed by atoms with Crippen LogP contribution in [0.3, 0.4) is 0 Å². The molecule has 0 bridgehead atoms. The van der Waals surface area contributed by atoms with E-state index in [1.165, 1.54) is 24.0 Å². The van der Waals surface area contributed by atoms with Gasteiger partial charge in [0.15, 0.2) is 6.61 Å². The van der Waals surface area contributed by atoms with Crippen molar-refractivity contribution in [2.24, 2.45) is 17.8 Å². The van der Waals surface area contributed by atoms with Crippen LogP contribution in [0, 0.1) is 29.1 Å². The first-order valence-electron chi connectivity index (χ1n) is 10.6. The first kappa shape index (κ1) is 20.2. The number of fused-ring (bicyclic) bond motifs is 2. The van der Waals surface area contributed by atoms with Crippen molar-refractivity contribution >= 4 is 0 Å². The molecule has 4 nitrogen and oxygen atoms in total. The standard InChI is InChI=1S/C23H33NO3/c1-2-3-4-5-19(25)7-9-21-22-14-16-6-8-20(27-11-10-24)13-17(16)12-18(22)15-23(21)26/h6,8,13,18-19,21-23,25-26H,2-5,7,9,11-12,14-15H2,1H3/t18-,19?,21+,22-,23+/m0/s1. The monoisotopic (exact) mass is 371 g/mol. The van der Waals surface area contributed by atoms with Gasteiger partial charge in [0, 0.05) is 0 Å². The van der Waals surface area contributed by atoms with Gasteiger partial charge in [-0.25, -0.2) is 0 Å². The van der Waals surface area contributed by atoms with Gasteiger partial charge in [0.2, 0.25) is 0 Å². The number of ether oxygens (including phenoxy) is 1. The molecular formula is C23H33NO3. The van der Waals surface area contributed by atoms with Gasteiger partial charge in [0.05, 0.1) is 12.2 Å². The van der Waals surface area contributed by atoms with E-state index in [2.05, 4.69) is 19.1 Å². The van der Waals surface area contributed by atoms with Gasteiger partial charge in [-0.2, -0.15) is 5.26 Å². The Morgan fingerprint density at radius 2 is 2.07 bits per heavy atom. The molecule has 148 valence electrons. The van der Waals surface area contributed by atoms with Gasteiger partial charge in [0.1, 0.15) is 11.8 Å². The van der Waals surface area contributed by atoms with Crippen LogP contribution in [0.25, 0.3) is 0 Å². The minimum absolute atomic E-state index is 0.0756. The maximum absolute atomic E-state index is 10.7. The Morgan fingerprint density at radius 3 is 2.85 bits per heavy atom. The average Bonchev–Trinajstić information content (AvgIpc) is 2.96. The fourth-order valence-electron chi connectivity index (χ4n) is 5.15. The summed E-state index contributed by atoms with van der Waals surface area (Å²) in [4.78, 5) is 0. The fourth-order valence-corrected chi connectivity index (χ4v) is 5.15. The number of unbranched alkanes of at least 4 members (excludes halogenated alkanes) is 2. The van der Waals surface area contributed by atoms with Crippen LogP contribution in [0.5, 0.6) is 5.75 Å². The van der Waals surface area contributed by atoms with Gasteiger partial charge in [-0.1, -0.05) is 32.3 Å². The maximum atomic E-state index is 10.7. The third-order valence-electron chi connectivity index (χ3n) is 6.59. The fraction of sp³-hybridized carbons (Fsp3) is 0.696. The highest BCUT2D eigenvalue weighted by Gasteiger charge is 2.44. The molecule has 1 aromatic rings. The summed E-state index contributed by atoms with van der Waals surface area (Å²) < 4.78 is 5.44. The van der Waals surface area contributed by atoms with Crippen molar-refractivity contribution in [1.82, 2.24) is 0 Å². The van der Waals surface area contributed by atoms with Crippen LogP contribution in [0.4, 0.5) is 0 Å². The smallest absolute Gasteiger partial charge is 0.174 e. The van der Waals surface area contributed by atoms with Crippen LogP contribution < -0.4 is 4.74 Å². The minimum Gasteiger partial charge on any atom is -0.479 e. The summed E-state index contributed by atoms with van der Waals surface area (Å²) in [5.74, 6) is 2.10. The third kappa shape index (κ3) is 5.03. The van der Waals surface area contributed by atoms with Crippen molar-refractivity contribution in [2.75, 3.05) is 6.61 Å². The van der Waals surface area contributed by atoms with E-state index in [-0.39, 0.29) is 18.8 Å². The van der Waals surface area contributed by atoms with Crippen LogP contribution in [0.15, 0.2) is 18.2 Å². The van der Waals surface area contributed by atoms with Crippen molar-refractivity contribution in [3.63, 3.8) is 0 Å². The lowest BCUT2D eigenvalue weighted by Gasteiger charge is -2.32. The van der Waals surface area contributed by atoms with Gasteiger partial charge in [-0.3, -0.25) is 0 Å². The van der Waals surface area contributed by atoms with Crippen molar-refractivity contribution in [3.8, 4) is 11.8 Å². The topological polar surface area (TPSA) is 73.5 Å². The zero-order valence-corrected chi connectivity index (χ0v) is 16.4. The van der Waals surface area contributed by atoms with Crippen molar-refractivity contribution in [3.05, 3.63) is 29.3 Å². The summed E-state index contributed by atoms with van der Waals surface area (Å²) >= 11 is 0. The molecule has 0 aliphatic heterocycles. The highest BCUT2D eigenvalue weighted by atomic mass is 16.5. The Hall–Kier alpha value is -1.57. The molecule has 1 fully saturated rings. The summed E-state index contributed by atoms with van der Waals surface area (Å²) in [7, 11) is 0. The van der Waals surface area contributed by atoms with Crippen molar-refractivity contribution in [2.45, 2.75) is 76.9 Å². The molecule has 27 heavy (non-hydrogen) atoms. The van der Waals surface area contributed by atoms with E-state index in [1.54, 1.807) is 0 Å². The second-order valence-electron chi connectivity index (χ2n) is 8.40. The van der Waals surface area contributed by atoms with Gasteiger partial charge in [-0.05, 0) is 79.5 Å². The van der Waals surface area contributed by atoms with Crippen LogP contribution in [-0.4, -0.2) is 29.0 Å². The molecule has 1 unspecified atom stereocenters. The molecule has 0 aromatic heterocycles. The van der Waals surface area contributed by atoms with Gasteiger partial charge in [-0.15, -0.1) is 0 Å². The number of hydrogen-bond donors (Lipinski definition) is 2. The van der Waals surface area contributed by atoms with E-state index in [0.717, 1.165) is 50.7 Å². The van der Waals surface area contributed by atoms with E-state index < -0.39 is 0 Å². The molecule has 0 spiro atoms. The van der Waals surface area contributed by atoms with E-state index >= 15 is 0 Å². The normalized spacial score (nSPS) is 27.5. The number of nitriles is 1. The largest absolute Gasteiger partial charge is 0.479 e. The lowest BCUT2D eigenvalue weighted by Crippen LogP contribution is -2.27. The zero-order valence-electron chi connectivity index (χ0n) is 16.4. The predicted octanol–water partition coefficient (Wildman–Crippen LogP) is 4.02. The average molecular weight is 372 g/mol. The van der Waals surface area contributed by atoms with Gasteiger partial charge in [0.25, 0.3) is 0 Å². The molecule has 1 saturated carbocycles. The Labute approximate surface area is 163 Å². The number of hydrogen-bond acceptors (Lipinski definition) is 4. The Balaban J connectivity index is 1.59. The van der Waals surface area contributed by atoms with E-state index in [0.29, 0.717) is 17.8 Å². The number of benzene rings is 1. The lowest BCUT2D eigenvalue weighted by molar-refractivity contribution is 0.0870. The molecule has 0 heterocycles. The van der Waals surface area contributed by atoms with Gasteiger partial charge < -0.3 is 14.9 Å². The summed E-state index contributed by atoms with van der Waals surface area (Å²) in [6.45, 7) is 2.26. The molecule has 1 aromatic carbocycles. The number of aliphatic hydroxyl groups excluding tert-OH is 2. The molecule has 0 amide bonds. The minimum atomic E-state index is -0.244. The summed E-state index contributed by atoms with van der Waals surface area (Å²) in [6.07, 6.45) is 8.47. The van der Waals surface area contributed by atoms with Crippen molar-refractivity contribution in [1.29, 1.82) is 5.26 Å². The third-order valence-corrected chi connectivity index (χ3v) is 6.59. The summed E-state index contributed by atoms with van der Waals surface area (Å²) in [6, 6.07) is 8.16. The summed E-state index contributed by atoms with van der Waals surface area (Å²) in [5, 5.41) is 29.6. The second-order valence-corrected chi connectivity index (χ2v) is 8.40. The quantitative estimate of drug-likeness (QED) is 0.643. The highest BCUT2D eigenvalue weighted by Crippen LogP contribution is 2.47. The van der Waals surface area contributed by atoms with Crippen LogP contribution >= 0.6 is 0 Å². The van der Waals surface area contributed by atoms with E-state index in [4.69, 9.17) is 10.00 Å². The van der Waals surface area contributed by atoms with E-state index in [9.17, 15) is 10.2 Å². The second kappa shape index (κ2) is 9.57. The van der Waals surface area contributed by atoms with Crippen molar-refractivity contribution < 1.29 is 14.9 Å². The van der Waals surface area contributed by atoms with Crippen LogP contribution in [0.2, 0.25) is 0 Å². The number of nitrogens with zero attached hydrogens (tertiary/aromatic N) is 1. The Bertz CT molecular complexity index is 654. The van der Waals surface area contributed by atoms with Gasteiger partial charge >= 0.3 is 0 Å². The van der Waals surface area contributed by atoms with Crippen LogP contribution in [-0.2, 0) is 12.8 Å². The SMILES string of the molecule is CCCCCC(O)CC[C@@H]1[C@H]2Cc3ccc(OCC#N)cc3C[C@H]2C[C@H]1O. The van der Waals surface area contributed by atoms with E-state index in [1.807, 2.05) is 12.1 Å². The Morgan fingerprint density at radius 1 is 1.22 bits per heavy atom. The molecule has 2 aliphatic rings. The molecule has 2 aliphatic carbocycles. The maximum Gasteiger partial charge on any atom is 0.174 e. The molecule has 5 atom stereocenters. The first-order chi connectivity index (χ1) is 13.1.